The van der Waals surface area contributed by atoms with Crippen molar-refractivity contribution in [1.82, 2.24) is 4.90 Å². The van der Waals surface area contributed by atoms with Gasteiger partial charge >= 0.3 is 0 Å². The zero-order valence-electron chi connectivity index (χ0n) is 10.4. The monoisotopic (exact) mass is 332 g/mol. The first-order valence-electron chi connectivity index (χ1n) is 6.12. The van der Waals surface area contributed by atoms with Gasteiger partial charge in [0.1, 0.15) is 5.82 Å². The lowest BCUT2D eigenvalue weighted by atomic mass is 10.0. The van der Waals surface area contributed by atoms with Crippen LogP contribution in [-0.2, 0) is 0 Å². The molecule has 0 aliphatic carbocycles. The molecule has 2 atom stereocenters. The highest BCUT2D eigenvalue weighted by Gasteiger charge is 2.28. The highest BCUT2D eigenvalue weighted by molar-refractivity contribution is 9.10. The molecule has 2 N–H and O–H groups in total. The summed E-state index contributed by atoms with van der Waals surface area (Å²) in [6.45, 7) is 3.61. The average molecular weight is 333 g/mol. The van der Waals surface area contributed by atoms with Gasteiger partial charge in [0, 0.05) is 40.7 Å². The minimum atomic E-state index is -0.176. The van der Waals surface area contributed by atoms with Crippen molar-refractivity contribution >= 4 is 27.7 Å². The maximum Gasteiger partial charge on any atom is 0.129 e. The number of thioether (sulfide) groups is 1. The summed E-state index contributed by atoms with van der Waals surface area (Å²) in [5, 5.41) is 0. The predicted molar refractivity (Wildman–Crippen MR) is 79.4 cm³/mol. The van der Waals surface area contributed by atoms with Crippen LogP contribution in [0.25, 0.3) is 0 Å². The topological polar surface area (TPSA) is 29.3 Å². The SMILES string of the molecule is CC1CSCCN1C(CN)c1ccc(Br)cc1F. The summed E-state index contributed by atoms with van der Waals surface area (Å²) >= 11 is 5.24. The Labute approximate surface area is 120 Å². The normalized spacial score (nSPS) is 23.0. The van der Waals surface area contributed by atoms with E-state index in [4.69, 9.17) is 5.73 Å². The molecule has 0 amide bonds. The standard InChI is InChI=1S/C13H18BrFN2S/c1-9-8-18-5-4-17(9)13(7-16)11-3-2-10(14)6-12(11)15/h2-3,6,9,13H,4-5,7-8,16H2,1H3. The van der Waals surface area contributed by atoms with Gasteiger partial charge in [-0.1, -0.05) is 22.0 Å². The highest BCUT2D eigenvalue weighted by atomic mass is 79.9. The van der Waals surface area contributed by atoms with Gasteiger partial charge in [0.25, 0.3) is 0 Å². The summed E-state index contributed by atoms with van der Waals surface area (Å²) in [7, 11) is 0. The number of rotatable bonds is 3. The van der Waals surface area contributed by atoms with E-state index in [0.29, 0.717) is 18.2 Å². The molecule has 1 aliphatic rings. The maximum absolute atomic E-state index is 14.1. The van der Waals surface area contributed by atoms with Crippen LogP contribution in [0.2, 0.25) is 0 Å². The van der Waals surface area contributed by atoms with Gasteiger partial charge in [0.2, 0.25) is 0 Å². The summed E-state index contributed by atoms with van der Waals surface area (Å²) in [5.41, 5.74) is 6.59. The van der Waals surface area contributed by atoms with Crippen LogP contribution < -0.4 is 5.73 Å². The Bertz CT molecular complexity index is 416. The summed E-state index contributed by atoms with van der Waals surface area (Å²) in [4.78, 5) is 2.32. The predicted octanol–water partition coefficient (Wildman–Crippen LogP) is 3.03. The molecule has 1 saturated heterocycles. The van der Waals surface area contributed by atoms with E-state index in [-0.39, 0.29) is 11.9 Å². The summed E-state index contributed by atoms with van der Waals surface area (Å²) in [6, 6.07) is 5.66. The van der Waals surface area contributed by atoms with Crippen LogP contribution in [0.3, 0.4) is 0 Å². The highest BCUT2D eigenvalue weighted by Crippen LogP contribution is 2.29. The first kappa shape index (κ1) is 14.3. The third-order valence-corrected chi connectivity index (χ3v) is 5.05. The van der Waals surface area contributed by atoms with Gasteiger partial charge in [-0.05, 0) is 19.1 Å². The quantitative estimate of drug-likeness (QED) is 0.922. The molecule has 0 aromatic heterocycles. The van der Waals surface area contributed by atoms with Gasteiger partial charge in [0.05, 0.1) is 6.04 Å². The first-order chi connectivity index (χ1) is 8.63. The van der Waals surface area contributed by atoms with Crippen molar-refractivity contribution in [3.8, 4) is 0 Å². The van der Waals surface area contributed by atoms with Crippen molar-refractivity contribution in [2.75, 3.05) is 24.6 Å². The molecule has 5 heteroatoms. The van der Waals surface area contributed by atoms with Crippen molar-refractivity contribution in [1.29, 1.82) is 0 Å². The second kappa shape index (κ2) is 6.37. The van der Waals surface area contributed by atoms with E-state index in [2.05, 4.69) is 27.8 Å². The largest absolute Gasteiger partial charge is 0.329 e. The van der Waals surface area contributed by atoms with Crippen LogP contribution in [0.4, 0.5) is 4.39 Å². The second-order valence-corrected chi connectivity index (χ2v) is 6.64. The Kier molecular flexibility index (Phi) is 5.06. The van der Waals surface area contributed by atoms with Crippen LogP contribution in [0, 0.1) is 5.82 Å². The zero-order valence-corrected chi connectivity index (χ0v) is 12.8. The maximum atomic E-state index is 14.1. The Morgan fingerprint density at radius 3 is 3.00 bits per heavy atom. The van der Waals surface area contributed by atoms with Gasteiger partial charge in [-0.3, -0.25) is 4.90 Å². The van der Waals surface area contributed by atoms with E-state index >= 15 is 0 Å². The van der Waals surface area contributed by atoms with Crippen LogP contribution in [0.5, 0.6) is 0 Å². The van der Waals surface area contributed by atoms with Crippen molar-refractivity contribution < 1.29 is 4.39 Å². The molecule has 0 radical (unpaired) electrons. The molecule has 2 rings (SSSR count). The fourth-order valence-electron chi connectivity index (χ4n) is 2.42. The Morgan fingerprint density at radius 1 is 1.61 bits per heavy atom. The summed E-state index contributed by atoms with van der Waals surface area (Å²) in [6.07, 6.45) is 0. The van der Waals surface area contributed by atoms with Crippen LogP contribution in [-0.4, -0.2) is 35.5 Å². The molecule has 2 unspecified atom stereocenters. The lowest BCUT2D eigenvalue weighted by Gasteiger charge is -2.39. The number of hydrogen-bond donors (Lipinski definition) is 1. The smallest absolute Gasteiger partial charge is 0.129 e. The summed E-state index contributed by atoms with van der Waals surface area (Å²) in [5.74, 6) is 2.01. The Hall–Kier alpha value is -0.100. The first-order valence-corrected chi connectivity index (χ1v) is 8.06. The van der Waals surface area contributed by atoms with E-state index in [1.54, 1.807) is 0 Å². The fraction of sp³-hybridized carbons (Fsp3) is 0.538. The van der Waals surface area contributed by atoms with Crippen LogP contribution >= 0.6 is 27.7 Å². The van der Waals surface area contributed by atoms with Gasteiger partial charge in [-0.15, -0.1) is 0 Å². The molecule has 1 aromatic carbocycles. The molecule has 1 heterocycles. The zero-order chi connectivity index (χ0) is 13.1. The third kappa shape index (κ3) is 3.07. The van der Waals surface area contributed by atoms with Crippen molar-refractivity contribution in [2.24, 2.45) is 5.73 Å². The number of hydrogen-bond acceptors (Lipinski definition) is 3. The molecule has 0 spiro atoms. The lowest BCUT2D eigenvalue weighted by molar-refractivity contribution is 0.163. The number of nitrogens with two attached hydrogens (primary N) is 1. The molecule has 1 aromatic rings. The van der Waals surface area contributed by atoms with Gasteiger partial charge in [-0.25, -0.2) is 4.39 Å². The Balaban J connectivity index is 2.26. The summed E-state index contributed by atoms with van der Waals surface area (Å²) < 4.78 is 14.8. The van der Waals surface area contributed by atoms with E-state index in [0.717, 1.165) is 22.5 Å². The minimum absolute atomic E-state index is 0.0194. The molecule has 100 valence electrons. The van der Waals surface area contributed by atoms with Gasteiger partial charge in [0.15, 0.2) is 0 Å². The molecule has 2 nitrogen and oxygen atoms in total. The van der Waals surface area contributed by atoms with Crippen LogP contribution in [0.1, 0.15) is 18.5 Å². The van der Waals surface area contributed by atoms with Gasteiger partial charge in [-0.2, -0.15) is 11.8 Å². The van der Waals surface area contributed by atoms with E-state index < -0.39 is 0 Å². The average Bonchev–Trinajstić information content (AvgIpc) is 2.34. The lowest BCUT2D eigenvalue weighted by Crippen LogP contribution is -2.45. The molecular weight excluding hydrogens is 315 g/mol. The number of benzene rings is 1. The van der Waals surface area contributed by atoms with Crippen LogP contribution in [0.15, 0.2) is 22.7 Å². The third-order valence-electron chi connectivity index (χ3n) is 3.36. The molecule has 0 bridgehead atoms. The second-order valence-electron chi connectivity index (χ2n) is 4.58. The number of nitrogens with zero attached hydrogens (tertiary/aromatic N) is 1. The van der Waals surface area contributed by atoms with Crippen molar-refractivity contribution in [2.45, 2.75) is 19.0 Å². The fourth-order valence-corrected chi connectivity index (χ4v) is 3.79. The molecule has 18 heavy (non-hydrogen) atoms. The molecule has 1 fully saturated rings. The molecule has 1 aliphatic heterocycles. The van der Waals surface area contributed by atoms with E-state index in [1.807, 2.05) is 23.9 Å². The van der Waals surface area contributed by atoms with Gasteiger partial charge < -0.3 is 5.73 Å². The van der Waals surface area contributed by atoms with Crippen molar-refractivity contribution in [3.63, 3.8) is 0 Å². The Morgan fingerprint density at radius 2 is 2.39 bits per heavy atom. The van der Waals surface area contributed by atoms with E-state index in [9.17, 15) is 4.39 Å². The molecule has 0 saturated carbocycles. The van der Waals surface area contributed by atoms with E-state index in [1.165, 1.54) is 6.07 Å². The minimum Gasteiger partial charge on any atom is -0.329 e. The molecular formula is C13H18BrFN2S. The van der Waals surface area contributed by atoms with Crippen molar-refractivity contribution in [3.05, 3.63) is 34.1 Å². The number of halogens is 2.